The molecule has 17 heavy (non-hydrogen) atoms. The highest BCUT2D eigenvalue weighted by molar-refractivity contribution is 6.32. The van der Waals surface area contributed by atoms with Crippen molar-refractivity contribution < 1.29 is 9.84 Å². The number of halogens is 1. The fourth-order valence-corrected chi connectivity index (χ4v) is 1.79. The SMILES string of the molecule is CC(C)(CO)c1ccc(Cl)c(OCC2CC2)c1. The summed E-state index contributed by atoms with van der Waals surface area (Å²) in [7, 11) is 0. The lowest BCUT2D eigenvalue weighted by atomic mass is 9.85. The lowest BCUT2D eigenvalue weighted by Crippen LogP contribution is -2.22. The third-order valence-corrected chi connectivity index (χ3v) is 3.59. The molecule has 1 aromatic carbocycles. The molecular formula is C14H19ClO2. The molecule has 2 nitrogen and oxygen atoms in total. The predicted octanol–water partition coefficient (Wildman–Crippen LogP) is 3.40. The molecule has 0 atom stereocenters. The molecule has 0 spiro atoms. The highest BCUT2D eigenvalue weighted by Gasteiger charge is 2.24. The van der Waals surface area contributed by atoms with Gasteiger partial charge in [-0.3, -0.25) is 0 Å². The van der Waals surface area contributed by atoms with Gasteiger partial charge in [-0.05, 0) is 36.5 Å². The van der Waals surface area contributed by atoms with Crippen molar-refractivity contribution in [3.05, 3.63) is 28.8 Å². The van der Waals surface area contributed by atoms with Gasteiger partial charge in [-0.15, -0.1) is 0 Å². The molecular weight excluding hydrogens is 236 g/mol. The van der Waals surface area contributed by atoms with Crippen LogP contribution >= 0.6 is 11.6 Å². The van der Waals surface area contributed by atoms with Crippen LogP contribution in [0.5, 0.6) is 5.75 Å². The Balaban J connectivity index is 2.15. The molecule has 0 bridgehead atoms. The van der Waals surface area contributed by atoms with Gasteiger partial charge in [0.15, 0.2) is 0 Å². The molecule has 1 aromatic rings. The highest BCUT2D eigenvalue weighted by Crippen LogP contribution is 2.34. The Morgan fingerprint density at radius 2 is 2.12 bits per heavy atom. The van der Waals surface area contributed by atoms with Crippen molar-refractivity contribution in [3.63, 3.8) is 0 Å². The van der Waals surface area contributed by atoms with Gasteiger partial charge in [-0.1, -0.05) is 31.5 Å². The van der Waals surface area contributed by atoms with Crippen LogP contribution in [0.4, 0.5) is 0 Å². The van der Waals surface area contributed by atoms with E-state index in [1.807, 2.05) is 32.0 Å². The van der Waals surface area contributed by atoms with Crippen molar-refractivity contribution in [1.82, 2.24) is 0 Å². The smallest absolute Gasteiger partial charge is 0.138 e. The molecule has 0 saturated heterocycles. The maximum absolute atomic E-state index is 9.36. The summed E-state index contributed by atoms with van der Waals surface area (Å²) in [5.74, 6) is 1.44. The first-order valence-electron chi connectivity index (χ1n) is 6.06. The molecule has 3 heteroatoms. The van der Waals surface area contributed by atoms with Crippen molar-refractivity contribution >= 4 is 11.6 Å². The van der Waals surface area contributed by atoms with Gasteiger partial charge in [-0.25, -0.2) is 0 Å². The predicted molar refractivity (Wildman–Crippen MR) is 69.8 cm³/mol. The quantitative estimate of drug-likeness (QED) is 0.873. The number of aliphatic hydroxyl groups is 1. The van der Waals surface area contributed by atoms with E-state index >= 15 is 0 Å². The van der Waals surface area contributed by atoms with E-state index < -0.39 is 0 Å². The summed E-state index contributed by atoms with van der Waals surface area (Å²) in [6, 6.07) is 5.74. The van der Waals surface area contributed by atoms with Crippen molar-refractivity contribution in [3.8, 4) is 5.75 Å². The largest absolute Gasteiger partial charge is 0.492 e. The van der Waals surface area contributed by atoms with Crippen molar-refractivity contribution in [2.24, 2.45) is 5.92 Å². The minimum Gasteiger partial charge on any atom is -0.492 e. The Hall–Kier alpha value is -0.730. The number of rotatable bonds is 5. The van der Waals surface area contributed by atoms with Crippen LogP contribution in [-0.2, 0) is 5.41 Å². The van der Waals surface area contributed by atoms with E-state index in [1.165, 1.54) is 12.8 Å². The molecule has 0 heterocycles. The van der Waals surface area contributed by atoms with Crippen LogP contribution in [0.3, 0.4) is 0 Å². The third-order valence-electron chi connectivity index (χ3n) is 3.28. The van der Waals surface area contributed by atoms with Gasteiger partial charge in [0.05, 0.1) is 18.2 Å². The standard InChI is InChI=1S/C14H19ClO2/c1-14(2,9-16)11-5-6-12(15)13(7-11)17-8-10-3-4-10/h5-7,10,16H,3-4,8-9H2,1-2H3. The zero-order chi connectivity index (χ0) is 12.5. The summed E-state index contributed by atoms with van der Waals surface area (Å²) < 4.78 is 5.73. The maximum atomic E-state index is 9.36. The molecule has 1 aliphatic carbocycles. The van der Waals surface area contributed by atoms with Gasteiger partial charge < -0.3 is 9.84 Å². The number of benzene rings is 1. The van der Waals surface area contributed by atoms with E-state index in [-0.39, 0.29) is 12.0 Å². The van der Waals surface area contributed by atoms with Crippen LogP contribution in [0.25, 0.3) is 0 Å². The molecule has 1 fully saturated rings. The molecule has 1 saturated carbocycles. The second-order valence-corrected chi connectivity index (χ2v) is 5.85. The zero-order valence-electron chi connectivity index (χ0n) is 10.4. The van der Waals surface area contributed by atoms with E-state index in [1.54, 1.807) is 0 Å². The highest BCUT2D eigenvalue weighted by atomic mass is 35.5. The van der Waals surface area contributed by atoms with Crippen LogP contribution in [-0.4, -0.2) is 18.3 Å². The van der Waals surface area contributed by atoms with E-state index in [9.17, 15) is 5.11 Å². The molecule has 0 unspecified atom stereocenters. The lowest BCUT2D eigenvalue weighted by Gasteiger charge is -2.23. The Kier molecular flexibility index (Phi) is 3.64. The third kappa shape index (κ3) is 3.14. The van der Waals surface area contributed by atoms with Crippen molar-refractivity contribution in [1.29, 1.82) is 0 Å². The monoisotopic (exact) mass is 254 g/mol. The molecule has 1 aliphatic rings. The molecule has 0 amide bonds. The van der Waals surface area contributed by atoms with Crippen molar-refractivity contribution in [2.45, 2.75) is 32.1 Å². The summed E-state index contributed by atoms with van der Waals surface area (Å²) in [5.41, 5.74) is 0.789. The average molecular weight is 255 g/mol. The first-order chi connectivity index (χ1) is 8.03. The summed E-state index contributed by atoms with van der Waals surface area (Å²) in [6.07, 6.45) is 2.53. The normalized spacial score (nSPS) is 16.0. The number of hydrogen-bond acceptors (Lipinski definition) is 2. The van der Waals surface area contributed by atoms with Crippen LogP contribution in [0, 0.1) is 5.92 Å². The maximum Gasteiger partial charge on any atom is 0.138 e. The first-order valence-corrected chi connectivity index (χ1v) is 6.44. The Labute approximate surface area is 108 Å². The van der Waals surface area contributed by atoms with Crippen LogP contribution in [0.1, 0.15) is 32.3 Å². The molecule has 0 aliphatic heterocycles. The summed E-state index contributed by atoms with van der Waals surface area (Å²) in [4.78, 5) is 0. The number of aliphatic hydroxyl groups excluding tert-OH is 1. The molecule has 0 radical (unpaired) electrons. The van der Waals surface area contributed by atoms with Crippen LogP contribution < -0.4 is 4.74 Å². The van der Waals surface area contributed by atoms with Gasteiger partial charge in [0.1, 0.15) is 5.75 Å². The van der Waals surface area contributed by atoms with Crippen LogP contribution in [0.15, 0.2) is 18.2 Å². The summed E-state index contributed by atoms with van der Waals surface area (Å²) >= 11 is 6.11. The minimum atomic E-state index is -0.262. The Morgan fingerprint density at radius 1 is 1.41 bits per heavy atom. The minimum absolute atomic E-state index is 0.108. The van der Waals surface area contributed by atoms with Crippen LogP contribution in [0.2, 0.25) is 5.02 Å². The topological polar surface area (TPSA) is 29.5 Å². The fourth-order valence-electron chi connectivity index (χ4n) is 1.62. The first kappa shape index (κ1) is 12.7. The second kappa shape index (κ2) is 4.87. The lowest BCUT2D eigenvalue weighted by molar-refractivity contribution is 0.218. The average Bonchev–Trinajstić information content (AvgIpc) is 3.11. The molecule has 0 aromatic heterocycles. The van der Waals surface area contributed by atoms with E-state index in [0.29, 0.717) is 10.9 Å². The molecule has 94 valence electrons. The molecule has 1 N–H and O–H groups in total. The second-order valence-electron chi connectivity index (χ2n) is 5.44. The fraction of sp³-hybridized carbons (Fsp3) is 0.571. The van der Waals surface area contributed by atoms with Gasteiger partial charge in [0.2, 0.25) is 0 Å². The Bertz CT molecular complexity index is 397. The number of ether oxygens (including phenoxy) is 1. The summed E-state index contributed by atoms with van der Waals surface area (Å²) in [5, 5.41) is 10.0. The summed E-state index contributed by atoms with van der Waals surface area (Å²) in [6.45, 7) is 4.86. The van der Waals surface area contributed by atoms with Crippen molar-refractivity contribution in [2.75, 3.05) is 13.2 Å². The van der Waals surface area contributed by atoms with Gasteiger partial charge >= 0.3 is 0 Å². The van der Waals surface area contributed by atoms with E-state index in [2.05, 4.69) is 0 Å². The molecule has 2 rings (SSSR count). The number of hydrogen-bond donors (Lipinski definition) is 1. The van der Waals surface area contributed by atoms with E-state index in [0.717, 1.165) is 17.9 Å². The zero-order valence-corrected chi connectivity index (χ0v) is 11.1. The Morgan fingerprint density at radius 3 is 2.71 bits per heavy atom. The van der Waals surface area contributed by atoms with E-state index in [4.69, 9.17) is 16.3 Å². The van der Waals surface area contributed by atoms with Gasteiger partial charge in [-0.2, -0.15) is 0 Å². The van der Waals surface area contributed by atoms with Gasteiger partial charge in [0.25, 0.3) is 0 Å². The van der Waals surface area contributed by atoms with Gasteiger partial charge in [0, 0.05) is 5.41 Å².